The molecular formula is C44H26N4S. The zero-order valence-electron chi connectivity index (χ0n) is 26.2. The molecule has 0 fully saturated rings. The molecule has 10 aromatic rings. The quantitative estimate of drug-likeness (QED) is 0.192. The van der Waals surface area contributed by atoms with E-state index < -0.39 is 0 Å². The van der Waals surface area contributed by atoms with Gasteiger partial charge >= 0.3 is 0 Å². The summed E-state index contributed by atoms with van der Waals surface area (Å²) in [6, 6.07) is 56.4. The first-order valence-corrected chi connectivity index (χ1v) is 17.3. The van der Waals surface area contributed by atoms with Crippen LogP contribution in [0.25, 0.3) is 88.5 Å². The summed E-state index contributed by atoms with van der Waals surface area (Å²) in [5.41, 5.74) is 11.0. The van der Waals surface area contributed by atoms with Gasteiger partial charge in [0.1, 0.15) is 0 Å². The Morgan fingerprint density at radius 3 is 1.82 bits per heavy atom. The Bertz CT molecular complexity index is 2960. The third-order valence-electron chi connectivity index (χ3n) is 9.90. The van der Waals surface area contributed by atoms with E-state index in [0.717, 1.165) is 50.0 Å². The molecule has 4 heterocycles. The Labute approximate surface area is 285 Å². The molecule has 0 aliphatic carbocycles. The zero-order chi connectivity index (χ0) is 32.1. The number of hydrogen-bond acceptors (Lipinski definition) is 3. The highest BCUT2D eigenvalue weighted by Crippen LogP contribution is 2.49. The van der Waals surface area contributed by atoms with Crippen molar-refractivity contribution in [2.75, 3.05) is 0 Å². The Morgan fingerprint density at radius 1 is 0.449 bits per heavy atom. The molecule has 0 unspecified atom stereocenters. The summed E-state index contributed by atoms with van der Waals surface area (Å²) in [4.78, 5) is 13.4. The summed E-state index contributed by atoms with van der Waals surface area (Å²) < 4.78 is 4.71. The smallest absolute Gasteiger partial charge is 0.235 e. The molecule has 0 radical (unpaired) electrons. The fraction of sp³-hybridized carbons (Fsp3) is 0. The van der Waals surface area contributed by atoms with Crippen molar-refractivity contribution in [2.24, 2.45) is 0 Å². The number of rotatable bonds is 3. The number of benzene rings is 7. The van der Waals surface area contributed by atoms with E-state index in [1.807, 2.05) is 0 Å². The van der Waals surface area contributed by atoms with Gasteiger partial charge in [-0.2, -0.15) is 0 Å². The SMILES string of the molecule is c1ccc(-c2cc3c4c(nc(-n5c6ccccc6c6ccc7c8ccccc8n(-c8ccccc8)c7c65)nc4c2)-c2ccccc2S3)cc1. The number of fused-ring (bicyclic) bond motifs is 9. The molecule has 4 nitrogen and oxygen atoms in total. The van der Waals surface area contributed by atoms with Crippen molar-refractivity contribution in [3.05, 3.63) is 158 Å². The maximum atomic E-state index is 5.51. The molecule has 1 aliphatic rings. The Kier molecular flexibility index (Phi) is 5.57. The topological polar surface area (TPSA) is 35.6 Å². The molecule has 0 atom stereocenters. The Hall–Kier alpha value is -6.17. The summed E-state index contributed by atoms with van der Waals surface area (Å²) in [6.07, 6.45) is 0. The van der Waals surface area contributed by atoms with E-state index in [0.29, 0.717) is 5.95 Å². The van der Waals surface area contributed by atoms with Gasteiger partial charge in [-0.3, -0.25) is 4.57 Å². The van der Waals surface area contributed by atoms with Crippen molar-refractivity contribution in [1.29, 1.82) is 0 Å². The lowest BCUT2D eigenvalue weighted by atomic mass is 10.0. The highest BCUT2D eigenvalue weighted by molar-refractivity contribution is 7.99. The lowest BCUT2D eigenvalue weighted by molar-refractivity contribution is 1.01. The summed E-state index contributed by atoms with van der Waals surface area (Å²) in [5, 5.41) is 5.88. The largest absolute Gasteiger partial charge is 0.307 e. The molecular weight excluding hydrogens is 617 g/mol. The molecule has 5 heteroatoms. The predicted molar refractivity (Wildman–Crippen MR) is 203 cm³/mol. The average Bonchev–Trinajstić information content (AvgIpc) is 3.68. The average molecular weight is 643 g/mol. The normalized spacial score (nSPS) is 12.4. The second-order valence-electron chi connectivity index (χ2n) is 12.6. The van der Waals surface area contributed by atoms with Gasteiger partial charge in [-0.25, -0.2) is 9.97 Å². The van der Waals surface area contributed by atoms with Crippen molar-refractivity contribution in [2.45, 2.75) is 9.79 Å². The lowest BCUT2D eigenvalue weighted by Crippen LogP contribution is -2.06. The maximum Gasteiger partial charge on any atom is 0.235 e. The summed E-state index contributed by atoms with van der Waals surface area (Å²) >= 11 is 1.81. The van der Waals surface area contributed by atoms with E-state index in [-0.39, 0.29) is 0 Å². The summed E-state index contributed by atoms with van der Waals surface area (Å²) in [7, 11) is 0. The standard InChI is InChI=1S/C44H26N4S/c1-3-13-27(14-4-1)28-25-35-40-39(26-28)49-38-22-12-9-19-34(38)41(40)46-44(45-35)48-37-21-11-8-18-31(37)33-24-23-32-30-17-7-10-20-36(30)47(42(32)43(33)48)29-15-5-2-6-16-29/h1-26H. The first-order chi connectivity index (χ1) is 24.3. The Morgan fingerprint density at radius 2 is 1.06 bits per heavy atom. The maximum absolute atomic E-state index is 5.51. The molecule has 0 saturated heterocycles. The minimum atomic E-state index is 0.670. The van der Waals surface area contributed by atoms with Gasteiger partial charge < -0.3 is 4.57 Å². The first-order valence-electron chi connectivity index (χ1n) is 16.5. The molecule has 7 aromatic carbocycles. The van der Waals surface area contributed by atoms with E-state index in [4.69, 9.17) is 9.97 Å². The van der Waals surface area contributed by atoms with Crippen molar-refractivity contribution >= 4 is 66.3 Å². The second kappa shape index (κ2) is 10.2. The molecule has 1 aliphatic heterocycles. The van der Waals surface area contributed by atoms with Crippen LogP contribution in [-0.2, 0) is 0 Å². The zero-order valence-corrected chi connectivity index (χ0v) is 27.0. The van der Waals surface area contributed by atoms with Crippen molar-refractivity contribution in [3.8, 4) is 34.0 Å². The van der Waals surface area contributed by atoms with Crippen LogP contribution in [0, 0.1) is 0 Å². The molecule has 11 rings (SSSR count). The van der Waals surface area contributed by atoms with Crippen LogP contribution in [0.3, 0.4) is 0 Å². The fourth-order valence-corrected chi connectivity index (χ4v) is 8.96. The molecule has 228 valence electrons. The molecule has 49 heavy (non-hydrogen) atoms. The fourth-order valence-electron chi connectivity index (χ4n) is 7.81. The molecule has 0 saturated carbocycles. The molecule has 0 amide bonds. The number of hydrogen-bond donors (Lipinski definition) is 0. The highest BCUT2D eigenvalue weighted by Gasteiger charge is 2.26. The highest BCUT2D eigenvalue weighted by atomic mass is 32.2. The van der Waals surface area contributed by atoms with Crippen LogP contribution in [0.2, 0.25) is 0 Å². The van der Waals surface area contributed by atoms with E-state index in [2.05, 4.69) is 167 Å². The number of aromatic nitrogens is 4. The Balaban J connectivity index is 1.33. The number of nitrogens with zero attached hydrogens (tertiary/aromatic N) is 4. The molecule has 0 spiro atoms. The van der Waals surface area contributed by atoms with Crippen LogP contribution in [0.1, 0.15) is 0 Å². The van der Waals surface area contributed by atoms with Gasteiger partial charge in [0.25, 0.3) is 0 Å². The molecule has 0 N–H and O–H groups in total. The monoisotopic (exact) mass is 642 g/mol. The molecule has 0 bridgehead atoms. The minimum Gasteiger partial charge on any atom is -0.307 e. The van der Waals surface area contributed by atoms with Crippen molar-refractivity contribution in [1.82, 2.24) is 19.1 Å². The van der Waals surface area contributed by atoms with Gasteiger partial charge in [0.05, 0.1) is 33.3 Å². The summed E-state index contributed by atoms with van der Waals surface area (Å²) in [5.74, 6) is 0.670. The van der Waals surface area contributed by atoms with Gasteiger partial charge in [-0.1, -0.05) is 127 Å². The molecule has 3 aromatic heterocycles. The van der Waals surface area contributed by atoms with Gasteiger partial charge in [0, 0.05) is 48.0 Å². The van der Waals surface area contributed by atoms with Gasteiger partial charge in [-0.05, 0) is 53.6 Å². The van der Waals surface area contributed by atoms with Crippen LogP contribution < -0.4 is 0 Å². The first kappa shape index (κ1) is 26.9. The van der Waals surface area contributed by atoms with E-state index in [9.17, 15) is 0 Å². The predicted octanol–water partition coefficient (Wildman–Crippen LogP) is 11.6. The van der Waals surface area contributed by atoms with Crippen LogP contribution in [-0.4, -0.2) is 19.1 Å². The van der Waals surface area contributed by atoms with E-state index in [1.54, 1.807) is 11.8 Å². The van der Waals surface area contributed by atoms with Crippen LogP contribution in [0.4, 0.5) is 0 Å². The van der Waals surface area contributed by atoms with Crippen LogP contribution in [0.15, 0.2) is 168 Å². The van der Waals surface area contributed by atoms with Crippen LogP contribution in [0.5, 0.6) is 0 Å². The minimum absolute atomic E-state index is 0.670. The van der Waals surface area contributed by atoms with Gasteiger partial charge in [0.2, 0.25) is 5.95 Å². The lowest BCUT2D eigenvalue weighted by Gasteiger charge is -2.21. The van der Waals surface area contributed by atoms with Gasteiger partial charge in [0.15, 0.2) is 0 Å². The van der Waals surface area contributed by atoms with E-state index in [1.165, 1.54) is 42.4 Å². The summed E-state index contributed by atoms with van der Waals surface area (Å²) in [6.45, 7) is 0. The number of para-hydroxylation sites is 3. The van der Waals surface area contributed by atoms with Crippen molar-refractivity contribution < 1.29 is 0 Å². The second-order valence-corrected chi connectivity index (χ2v) is 13.7. The van der Waals surface area contributed by atoms with Crippen LogP contribution >= 0.6 is 11.8 Å². The van der Waals surface area contributed by atoms with Gasteiger partial charge in [-0.15, -0.1) is 0 Å². The van der Waals surface area contributed by atoms with E-state index >= 15 is 0 Å². The third kappa shape index (κ3) is 3.82. The third-order valence-corrected chi connectivity index (χ3v) is 11.0. The van der Waals surface area contributed by atoms with Crippen molar-refractivity contribution in [3.63, 3.8) is 0 Å².